The topological polar surface area (TPSA) is 133 Å². The third-order valence-corrected chi connectivity index (χ3v) is 7.36. The average Bonchev–Trinajstić information content (AvgIpc) is 2.96. The monoisotopic (exact) mass is 438 g/mol. The minimum Gasteiger partial charge on any atom is -0.462 e. The van der Waals surface area contributed by atoms with Crippen molar-refractivity contribution in [2.24, 2.45) is 0 Å². The van der Waals surface area contributed by atoms with E-state index in [9.17, 15) is 28.1 Å². The highest BCUT2D eigenvalue weighted by Crippen LogP contribution is 2.39. The SMILES string of the molecule is CCOC(=O)c1c(NC(=O)c2cccc(C)c2[N+](=O)[O-])sc2c1CCS(=O)(=O)C2. The number of amides is 1. The maximum atomic E-state index is 12.8. The molecule has 0 saturated heterocycles. The van der Waals surface area contributed by atoms with Crippen LogP contribution >= 0.6 is 11.3 Å². The number of fused-ring (bicyclic) bond motifs is 1. The number of carbonyl (C=O) groups is 2. The number of thiophene rings is 1. The molecule has 1 aliphatic rings. The van der Waals surface area contributed by atoms with Crippen LogP contribution in [0.5, 0.6) is 0 Å². The smallest absolute Gasteiger partial charge is 0.341 e. The highest BCUT2D eigenvalue weighted by Gasteiger charge is 2.33. The van der Waals surface area contributed by atoms with E-state index >= 15 is 0 Å². The van der Waals surface area contributed by atoms with Gasteiger partial charge in [-0.25, -0.2) is 13.2 Å². The van der Waals surface area contributed by atoms with Gasteiger partial charge in [-0.05, 0) is 31.9 Å². The number of aryl methyl sites for hydroxylation is 1. The molecule has 0 spiro atoms. The number of benzene rings is 1. The lowest BCUT2D eigenvalue weighted by atomic mass is 10.1. The van der Waals surface area contributed by atoms with Gasteiger partial charge in [-0.2, -0.15) is 0 Å². The Labute approximate surface area is 170 Å². The normalized spacial score (nSPS) is 14.7. The van der Waals surface area contributed by atoms with Crippen LogP contribution in [0.3, 0.4) is 0 Å². The van der Waals surface area contributed by atoms with Crippen LogP contribution in [0.2, 0.25) is 0 Å². The molecule has 0 atom stereocenters. The number of para-hydroxylation sites is 1. The molecule has 11 heteroatoms. The molecule has 154 valence electrons. The van der Waals surface area contributed by atoms with Gasteiger partial charge in [0, 0.05) is 10.4 Å². The zero-order valence-corrected chi connectivity index (χ0v) is 17.3. The quantitative estimate of drug-likeness (QED) is 0.431. The number of nitrogens with one attached hydrogen (secondary N) is 1. The summed E-state index contributed by atoms with van der Waals surface area (Å²) in [6, 6.07) is 4.37. The molecule has 1 N–H and O–H groups in total. The standard InChI is InChI=1S/C18H18N2O7S2/c1-3-27-18(22)14-11-7-8-29(25,26)9-13(11)28-17(14)19-16(21)12-6-4-5-10(2)15(12)20(23)24/h4-6H,3,7-9H2,1-2H3,(H,19,21). The number of hydrogen-bond acceptors (Lipinski definition) is 8. The van der Waals surface area contributed by atoms with Crippen LogP contribution in [-0.4, -0.2) is 37.6 Å². The first-order valence-electron chi connectivity index (χ1n) is 8.72. The Morgan fingerprint density at radius 2 is 2.07 bits per heavy atom. The molecule has 1 aromatic heterocycles. The largest absolute Gasteiger partial charge is 0.462 e. The number of ether oxygens (including phenoxy) is 1. The van der Waals surface area contributed by atoms with E-state index in [4.69, 9.17) is 4.74 Å². The average molecular weight is 438 g/mol. The third-order valence-electron chi connectivity index (χ3n) is 4.48. The van der Waals surface area contributed by atoms with Crippen molar-refractivity contribution in [2.45, 2.75) is 26.0 Å². The van der Waals surface area contributed by atoms with E-state index in [1.165, 1.54) is 25.1 Å². The summed E-state index contributed by atoms with van der Waals surface area (Å²) in [7, 11) is -3.29. The van der Waals surface area contributed by atoms with Crippen molar-refractivity contribution >= 4 is 43.7 Å². The fraction of sp³-hybridized carbons (Fsp3) is 0.333. The fourth-order valence-electron chi connectivity index (χ4n) is 3.18. The molecule has 29 heavy (non-hydrogen) atoms. The molecule has 0 radical (unpaired) electrons. The summed E-state index contributed by atoms with van der Waals surface area (Å²) in [5, 5.41) is 14.1. The predicted octanol–water partition coefficient (Wildman–Crippen LogP) is 2.86. The number of anilines is 1. The Morgan fingerprint density at radius 1 is 1.34 bits per heavy atom. The van der Waals surface area contributed by atoms with Crippen LogP contribution in [0.1, 0.15) is 43.6 Å². The molecule has 2 heterocycles. The van der Waals surface area contributed by atoms with Crippen molar-refractivity contribution in [1.82, 2.24) is 0 Å². The maximum Gasteiger partial charge on any atom is 0.341 e. The maximum absolute atomic E-state index is 12.8. The number of sulfone groups is 1. The molecule has 0 aliphatic carbocycles. The Morgan fingerprint density at radius 3 is 2.72 bits per heavy atom. The van der Waals surface area contributed by atoms with E-state index in [-0.39, 0.29) is 46.3 Å². The van der Waals surface area contributed by atoms with Crippen LogP contribution in [0.4, 0.5) is 10.7 Å². The van der Waals surface area contributed by atoms with Crippen molar-refractivity contribution < 1.29 is 27.7 Å². The Hall–Kier alpha value is -2.79. The molecule has 3 rings (SSSR count). The van der Waals surface area contributed by atoms with Crippen molar-refractivity contribution in [3.8, 4) is 0 Å². The molecule has 1 amide bonds. The van der Waals surface area contributed by atoms with Crippen molar-refractivity contribution in [3.05, 3.63) is 55.4 Å². The molecular formula is C18H18N2O7S2. The Kier molecular flexibility index (Phi) is 5.71. The van der Waals surface area contributed by atoms with Crippen LogP contribution in [0.15, 0.2) is 18.2 Å². The van der Waals surface area contributed by atoms with E-state index in [0.717, 1.165) is 11.3 Å². The van der Waals surface area contributed by atoms with Crippen LogP contribution in [0, 0.1) is 17.0 Å². The van der Waals surface area contributed by atoms with Crippen LogP contribution in [-0.2, 0) is 26.7 Å². The van der Waals surface area contributed by atoms with E-state index in [0.29, 0.717) is 16.0 Å². The lowest BCUT2D eigenvalue weighted by Gasteiger charge is -2.13. The van der Waals surface area contributed by atoms with E-state index in [1.54, 1.807) is 6.92 Å². The number of carbonyl (C=O) groups excluding carboxylic acids is 2. The molecule has 0 saturated carbocycles. The molecule has 1 aliphatic heterocycles. The number of esters is 1. The van der Waals surface area contributed by atoms with Crippen molar-refractivity contribution in [2.75, 3.05) is 17.7 Å². The summed E-state index contributed by atoms with van der Waals surface area (Å²) >= 11 is 0.978. The first-order chi connectivity index (χ1) is 13.6. The summed E-state index contributed by atoms with van der Waals surface area (Å²) < 4.78 is 29.0. The zero-order chi connectivity index (χ0) is 21.3. The van der Waals surface area contributed by atoms with Gasteiger partial charge in [0.15, 0.2) is 9.84 Å². The first kappa shape index (κ1) is 20.9. The zero-order valence-electron chi connectivity index (χ0n) is 15.7. The number of hydrogen-bond donors (Lipinski definition) is 1. The summed E-state index contributed by atoms with van der Waals surface area (Å²) in [5.41, 5.74) is 0.503. The third kappa shape index (κ3) is 4.15. The minimum atomic E-state index is -3.29. The van der Waals surface area contributed by atoms with Crippen molar-refractivity contribution in [1.29, 1.82) is 0 Å². The molecule has 1 aromatic carbocycles. The molecule has 0 bridgehead atoms. The van der Waals surface area contributed by atoms with E-state index in [1.807, 2.05) is 0 Å². The van der Waals surface area contributed by atoms with Crippen LogP contribution in [0.25, 0.3) is 0 Å². The number of rotatable bonds is 5. The molecule has 2 aromatic rings. The van der Waals surface area contributed by atoms with Crippen molar-refractivity contribution in [3.63, 3.8) is 0 Å². The van der Waals surface area contributed by atoms with Gasteiger partial charge >= 0.3 is 5.97 Å². The highest BCUT2D eigenvalue weighted by molar-refractivity contribution is 7.90. The summed E-state index contributed by atoms with van der Waals surface area (Å²) in [6.07, 6.45) is 0.142. The first-order valence-corrected chi connectivity index (χ1v) is 11.4. The van der Waals surface area contributed by atoms with Gasteiger partial charge < -0.3 is 10.1 Å². The summed E-state index contributed by atoms with van der Waals surface area (Å²) in [6.45, 7) is 3.27. The van der Waals surface area contributed by atoms with Gasteiger partial charge in [-0.15, -0.1) is 11.3 Å². The lowest BCUT2D eigenvalue weighted by molar-refractivity contribution is -0.385. The predicted molar refractivity (Wildman–Crippen MR) is 107 cm³/mol. The number of nitro benzene ring substituents is 1. The van der Waals surface area contributed by atoms with Gasteiger partial charge in [-0.3, -0.25) is 14.9 Å². The molecule has 0 unspecified atom stereocenters. The molecule has 0 fully saturated rings. The molecule has 9 nitrogen and oxygen atoms in total. The fourth-order valence-corrected chi connectivity index (χ4v) is 6.22. The number of nitro groups is 1. The van der Waals surface area contributed by atoms with Gasteiger partial charge in [0.25, 0.3) is 11.6 Å². The second kappa shape index (κ2) is 7.91. The summed E-state index contributed by atoms with van der Waals surface area (Å²) in [4.78, 5) is 36.5. The van der Waals surface area contributed by atoms with E-state index < -0.39 is 26.6 Å². The Balaban J connectivity index is 2.05. The lowest BCUT2D eigenvalue weighted by Crippen LogP contribution is -2.20. The van der Waals surface area contributed by atoms with Gasteiger partial charge in [0.2, 0.25) is 0 Å². The summed E-state index contributed by atoms with van der Waals surface area (Å²) in [5.74, 6) is -1.74. The van der Waals surface area contributed by atoms with Gasteiger partial charge in [-0.1, -0.05) is 12.1 Å². The van der Waals surface area contributed by atoms with E-state index in [2.05, 4.69) is 5.32 Å². The minimum absolute atomic E-state index is 0.0973. The Bertz CT molecular complexity index is 1120. The second-order valence-corrected chi connectivity index (χ2v) is 9.74. The second-order valence-electron chi connectivity index (χ2n) is 6.45. The number of nitrogens with zero attached hydrogens (tertiary/aromatic N) is 1. The van der Waals surface area contributed by atoms with Gasteiger partial charge in [0.1, 0.15) is 10.6 Å². The highest BCUT2D eigenvalue weighted by atomic mass is 32.2. The van der Waals surface area contributed by atoms with Gasteiger partial charge in [0.05, 0.1) is 28.6 Å². The molecular weight excluding hydrogens is 420 g/mol. The van der Waals surface area contributed by atoms with Crippen LogP contribution < -0.4 is 5.32 Å².